The fraction of sp³-hybridized carbons (Fsp3) is 0.600. The maximum absolute atomic E-state index is 3.89. The second-order valence-corrected chi connectivity index (χ2v) is 4.94. The van der Waals surface area contributed by atoms with Gasteiger partial charge in [-0.3, -0.25) is 0 Å². The van der Waals surface area contributed by atoms with Crippen LogP contribution in [0.15, 0.2) is 36.5 Å². The number of hydrogen-bond acceptors (Lipinski definition) is 0. The molecule has 0 aromatic rings. The molecular weight excluding hydrogens is 180 g/mol. The molecule has 0 bridgehead atoms. The molecule has 0 N–H and O–H groups in total. The summed E-state index contributed by atoms with van der Waals surface area (Å²) in [6, 6.07) is 0. The van der Waals surface area contributed by atoms with Crippen molar-refractivity contribution in [3.63, 3.8) is 0 Å². The molecule has 0 fully saturated rings. The molecule has 2 atom stereocenters. The van der Waals surface area contributed by atoms with Crippen LogP contribution >= 0.6 is 0 Å². The van der Waals surface area contributed by atoms with Crippen LogP contribution in [0.4, 0.5) is 0 Å². The molecule has 0 heterocycles. The van der Waals surface area contributed by atoms with Crippen molar-refractivity contribution in [2.75, 3.05) is 0 Å². The van der Waals surface area contributed by atoms with E-state index in [0.29, 0.717) is 0 Å². The lowest BCUT2D eigenvalue weighted by Crippen LogP contribution is -2.02. The van der Waals surface area contributed by atoms with Gasteiger partial charge in [-0.05, 0) is 56.8 Å². The van der Waals surface area contributed by atoms with E-state index in [1.54, 1.807) is 11.1 Å². The summed E-state index contributed by atoms with van der Waals surface area (Å²) in [4.78, 5) is 0. The second-order valence-electron chi connectivity index (χ2n) is 4.94. The summed E-state index contributed by atoms with van der Waals surface area (Å²) in [6.07, 6.45) is 13.5. The van der Waals surface area contributed by atoms with E-state index in [4.69, 9.17) is 0 Å². The Hall–Kier alpha value is -0.780. The predicted octanol–water partition coefficient (Wildman–Crippen LogP) is 4.65. The molecule has 2 aliphatic carbocycles. The molecule has 82 valence electrons. The van der Waals surface area contributed by atoms with Crippen molar-refractivity contribution in [3.05, 3.63) is 36.5 Å². The van der Waals surface area contributed by atoms with Gasteiger partial charge >= 0.3 is 0 Å². The quantitative estimate of drug-likeness (QED) is 0.582. The highest BCUT2D eigenvalue weighted by Crippen LogP contribution is 2.47. The minimum absolute atomic E-state index is 0.822. The molecule has 0 unspecified atom stereocenters. The Morgan fingerprint density at radius 1 is 0.933 bits per heavy atom. The third-order valence-corrected chi connectivity index (χ3v) is 4.01. The van der Waals surface area contributed by atoms with Gasteiger partial charge in [-0.15, -0.1) is 13.2 Å². The van der Waals surface area contributed by atoms with Gasteiger partial charge in [0.05, 0.1) is 0 Å². The van der Waals surface area contributed by atoms with E-state index in [2.05, 4.69) is 25.3 Å². The van der Waals surface area contributed by atoms with Gasteiger partial charge in [0.2, 0.25) is 0 Å². The fourth-order valence-electron chi connectivity index (χ4n) is 3.39. The van der Waals surface area contributed by atoms with Crippen LogP contribution in [0.5, 0.6) is 0 Å². The number of rotatable bonds is 4. The summed E-state index contributed by atoms with van der Waals surface area (Å²) in [6.45, 7) is 7.78. The molecule has 15 heavy (non-hydrogen) atoms. The lowest BCUT2D eigenvalue weighted by atomic mass is 9.87. The van der Waals surface area contributed by atoms with Crippen LogP contribution in [0.1, 0.15) is 44.9 Å². The highest BCUT2D eigenvalue weighted by molar-refractivity contribution is 5.29. The molecular formula is C15H22. The Morgan fingerprint density at radius 3 is 1.80 bits per heavy atom. The first-order chi connectivity index (χ1) is 7.36. The van der Waals surface area contributed by atoms with Gasteiger partial charge in [0.25, 0.3) is 0 Å². The zero-order chi connectivity index (χ0) is 10.7. The molecule has 0 aromatic carbocycles. The first kappa shape index (κ1) is 10.7. The van der Waals surface area contributed by atoms with Crippen LogP contribution in [0.3, 0.4) is 0 Å². The molecule has 0 nitrogen and oxygen atoms in total. The van der Waals surface area contributed by atoms with Crippen molar-refractivity contribution in [1.82, 2.24) is 0 Å². The molecule has 2 aliphatic rings. The van der Waals surface area contributed by atoms with Gasteiger partial charge in [-0.2, -0.15) is 0 Å². The van der Waals surface area contributed by atoms with E-state index < -0.39 is 0 Å². The molecule has 0 heteroatoms. The molecule has 0 aromatic heterocycles. The van der Waals surface area contributed by atoms with Crippen LogP contribution in [0.2, 0.25) is 0 Å². The fourth-order valence-corrected chi connectivity index (χ4v) is 3.39. The summed E-state index contributed by atoms with van der Waals surface area (Å²) in [5.74, 6) is 1.64. The minimum Gasteiger partial charge on any atom is -0.103 e. The summed E-state index contributed by atoms with van der Waals surface area (Å²) in [5, 5.41) is 0. The summed E-state index contributed by atoms with van der Waals surface area (Å²) >= 11 is 0. The molecule has 0 radical (unpaired) electrons. The molecule has 2 rings (SSSR count). The number of hydrogen-bond donors (Lipinski definition) is 0. The zero-order valence-corrected chi connectivity index (χ0v) is 9.67. The largest absolute Gasteiger partial charge is 0.103 e. The lowest BCUT2D eigenvalue weighted by Gasteiger charge is -2.19. The van der Waals surface area contributed by atoms with E-state index in [-0.39, 0.29) is 0 Å². The van der Waals surface area contributed by atoms with Crippen molar-refractivity contribution in [2.45, 2.75) is 44.9 Å². The Bertz CT molecular complexity index is 254. The highest BCUT2D eigenvalue weighted by atomic mass is 14.4. The van der Waals surface area contributed by atoms with Gasteiger partial charge in [-0.25, -0.2) is 0 Å². The van der Waals surface area contributed by atoms with Gasteiger partial charge in [0.15, 0.2) is 0 Å². The first-order valence-corrected chi connectivity index (χ1v) is 6.30. The zero-order valence-electron chi connectivity index (χ0n) is 9.67. The Labute approximate surface area is 93.8 Å². The summed E-state index contributed by atoms with van der Waals surface area (Å²) < 4.78 is 0. The van der Waals surface area contributed by atoms with E-state index in [9.17, 15) is 0 Å². The molecule has 0 spiro atoms. The third-order valence-electron chi connectivity index (χ3n) is 4.01. The van der Waals surface area contributed by atoms with Crippen molar-refractivity contribution < 1.29 is 0 Å². The summed E-state index contributed by atoms with van der Waals surface area (Å²) in [7, 11) is 0. The standard InChI is InChI=1S/C15H22/c1-3-7-12-11-13(8-4-2)15-10-6-5-9-14(12)15/h3-4,12-13H,1-2,5-11H2/t12-,13-/m0/s1. The Morgan fingerprint density at radius 2 is 1.40 bits per heavy atom. The average molecular weight is 202 g/mol. The van der Waals surface area contributed by atoms with Gasteiger partial charge in [-0.1, -0.05) is 23.3 Å². The second kappa shape index (κ2) is 4.83. The smallest absolute Gasteiger partial charge is 0.0160 e. The van der Waals surface area contributed by atoms with Crippen LogP contribution < -0.4 is 0 Å². The number of allylic oxidation sites excluding steroid dienone is 4. The molecule has 0 aliphatic heterocycles. The molecule has 0 amide bonds. The van der Waals surface area contributed by atoms with Crippen molar-refractivity contribution in [1.29, 1.82) is 0 Å². The maximum Gasteiger partial charge on any atom is -0.0160 e. The van der Waals surface area contributed by atoms with Gasteiger partial charge in [0, 0.05) is 0 Å². The van der Waals surface area contributed by atoms with Gasteiger partial charge in [0.1, 0.15) is 0 Å². The van der Waals surface area contributed by atoms with Crippen molar-refractivity contribution in [3.8, 4) is 0 Å². The predicted molar refractivity (Wildman–Crippen MR) is 66.7 cm³/mol. The minimum atomic E-state index is 0.822. The topological polar surface area (TPSA) is 0 Å². The average Bonchev–Trinajstić information content (AvgIpc) is 2.59. The molecule has 0 saturated heterocycles. The first-order valence-electron chi connectivity index (χ1n) is 6.30. The maximum atomic E-state index is 3.89. The Balaban J connectivity index is 2.16. The van der Waals surface area contributed by atoms with E-state index >= 15 is 0 Å². The van der Waals surface area contributed by atoms with Crippen LogP contribution in [0, 0.1) is 11.8 Å². The lowest BCUT2D eigenvalue weighted by molar-refractivity contribution is 0.505. The van der Waals surface area contributed by atoms with Crippen molar-refractivity contribution in [2.24, 2.45) is 11.8 Å². The SMILES string of the molecule is C=CC[C@H]1C[C@H](CC=C)C2=C1CCCC2. The van der Waals surface area contributed by atoms with Crippen LogP contribution in [0.25, 0.3) is 0 Å². The van der Waals surface area contributed by atoms with E-state index in [1.807, 2.05) is 0 Å². The third kappa shape index (κ3) is 2.09. The normalized spacial score (nSPS) is 30.1. The Kier molecular flexibility index (Phi) is 3.45. The van der Waals surface area contributed by atoms with Gasteiger partial charge < -0.3 is 0 Å². The van der Waals surface area contributed by atoms with Crippen LogP contribution in [-0.4, -0.2) is 0 Å². The monoisotopic (exact) mass is 202 g/mol. The van der Waals surface area contributed by atoms with E-state index in [0.717, 1.165) is 11.8 Å². The van der Waals surface area contributed by atoms with E-state index in [1.165, 1.54) is 44.9 Å². The van der Waals surface area contributed by atoms with Crippen LogP contribution in [-0.2, 0) is 0 Å². The molecule has 0 saturated carbocycles. The van der Waals surface area contributed by atoms with Crippen molar-refractivity contribution >= 4 is 0 Å². The summed E-state index contributed by atoms with van der Waals surface area (Å²) in [5.41, 5.74) is 3.60. The highest BCUT2D eigenvalue weighted by Gasteiger charge is 2.32.